The number of ether oxygens (including phenoxy) is 1. The predicted octanol–water partition coefficient (Wildman–Crippen LogP) is 4.26. The Balaban J connectivity index is 2.02. The van der Waals surface area contributed by atoms with Crippen LogP contribution in [0.1, 0.15) is 24.4 Å². The number of benzene rings is 1. The molecule has 2 rings (SSSR count). The van der Waals surface area contributed by atoms with Crippen molar-refractivity contribution in [2.24, 2.45) is 0 Å². The van der Waals surface area contributed by atoms with Gasteiger partial charge in [0.1, 0.15) is 5.75 Å². The zero-order valence-corrected chi connectivity index (χ0v) is 16.1. The molecule has 0 spiro atoms. The smallest absolute Gasteiger partial charge is 0.159 e. The van der Waals surface area contributed by atoms with Crippen LogP contribution in [0.15, 0.2) is 36.5 Å². The number of rotatable bonds is 5. The molecule has 0 aromatic heterocycles. The van der Waals surface area contributed by atoms with E-state index >= 15 is 0 Å². The highest BCUT2D eigenvalue weighted by Crippen LogP contribution is 2.29. The molecule has 0 saturated heterocycles. The fourth-order valence-corrected chi connectivity index (χ4v) is 3.28. The molecule has 1 aliphatic rings. The minimum Gasteiger partial charge on any atom is -0.497 e. The third kappa shape index (κ3) is 5.57. The van der Waals surface area contributed by atoms with E-state index in [-0.39, 0.29) is 11.8 Å². The number of carbonyl (C=O) groups is 1. The van der Waals surface area contributed by atoms with Crippen LogP contribution in [0.25, 0.3) is 0 Å². The summed E-state index contributed by atoms with van der Waals surface area (Å²) in [5, 5.41) is 0. The van der Waals surface area contributed by atoms with E-state index in [9.17, 15) is 4.79 Å². The lowest BCUT2D eigenvalue weighted by atomic mass is 9.97. The Bertz CT molecular complexity index is 647. The highest BCUT2D eigenvalue weighted by molar-refractivity contribution is 6.76. The summed E-state index contributed by atoms with van der Waals surface area (Å²) in [5.74, 6) is 7.63. The Kier molecular flexibility index (Phi) is 6.27. The molecule has 0 aliphatic carbocycles. The Hall–Kier alpha value is -1.99. The Morgan fingerprint density at radius 3 is 2.54 bits per heavy atom. The molecule has 0 N–H and O–H groups in total. The van der Waals surface area contributed by atoms with Crippen molar-refractivity contribution in [2.45, 2.75) is 44.6 Å². The second-order valence-electron chi connectivity index (χ2n) is 7.35. The average Bonchev–Trinajstić information content (AvgIpc) is 2.55. The first-order valence-corrected chi connectivity index (χ1v) is 12.2. The fraction of sp³-hybridized carbons (Fsp3) is 0.450. The second kappa shape index (κ2) is 8.21. The molecular formula is C20H27NO2Si. The van der Waals surface area contributed by atoms with Crippen molar-refractivity contribution in [1.82, 2.24) is 4.90 Å². The van der Waals surface area contributed by atoms with E-state index in [4.69, 9.17) is 4.74 Å². The molecule has 1 unspecified atom stereocenters. The minimum atomic E-state index is -1.09. The Morgan fingerprint density at radius 1 is 1.21 bits per heavy atom. The van der Waals surface area contributed by atoms with Gasteiger partial charge >= 0.3 is 0 Å². The lowest BCUT2D eigenvalue weighted by Crippen LogP contribution is -2.29. The number of hydrogen-bond acceptors (Lipinski definition) is 3. The number of hydrogen-bond donors (Lipinski definition) is 0. The van der Waals surface area contributed by atoms with E-state index in [0.717, 1.165) is 30.3 Å². The summed E-state index contributed by atoms with van der Waals surface area (Å²) in [6, 6.07) is 9.11. The van der Waals surface area contributed by atoms with Crippen LogP contribution in [0.2, 0.25) is 25.7 Å². The SMILES string of the molecule is COc1ccc(C2CC(=O)C=CN2CCC#CC[Si](C)(C)C)cc1. The molecule has 3 nitrogen and oxygen atoms in total. The van der Waals surface area contributed by atoms with E-state index in [1.165, 1.54) is 0 Å². The maximum atomic E-state index is 11.8. The molecule has 1 atom stereocenters. The first kappa shape index (κ1) is 18.3. The predicted molar refractivity (Wildman–Crippen MR) is 102 cm³/mol. The van der Waals surface area contributed by atoms with Gasteiger partial charge in [0.05, 0.1) is 21.2 Å². The van der Waals surface area contributed by atoms with E-state index in [1.807, 2.05) is 30.5 Å². The van der Waals surface area contributed by atoms with Crippen LogP contribution in [0.3, 0.4) is 0 Å². The fourth-order valence-electron chi connectivity index (χ4n) is 2.63. The van der Waals surface area contributed by atoms with Crippen molar-refractivity contribution in [3.8, 4) is 17.6 Å². The summed E-state index contributed by atoms with van der Waals surface area (Å²) in [7, 11) is 0.571. The first-order valence-electron chi connectivity index (χ1n) is 8.45. The molecule has 1 aromatic carbocycles. The number of ketones is 1. The van der Waals surface area contributed by atoms with Crippen LogP contribution in [-0.2, 0) is 4.79 Å². The van der Waals surface area contributed by atoms with Gasteiger partial charge in [-0.3, -0.25) is 4.79 Å². The number of carbonyl (C=O) groups excluding carboxylic acids is 1. The van der Waals surface area contributed by atoms with Gasteiger partial charge in [-0.2, -0.15) is 0 Å². The summed E-state index contributed by atoms with van der Waals surface area (Å²) in [4.78, 5) is 14.1. The number of methoxy groups -OCH3 is 1. The van der Waals surface area contributed by atoms with Gasteiger partial charge in [0, 0.05) is 31.6 Å². The van der Waals surface area contributed by atoms with Gasteiger partial charge in [0.15, 0.2) is 5.78 Å². The van der Waals surface area contributed by atoms with Gasteiger partial charge in [-0.15, -0.1) is 11.8 Å². The molecule has 24 heavy (non-hydrogen) atoms. The number of nitrogens with zero attached hydrogens (tertiary/aromatic N) is 1. The summed E-state index contributed by atoms with van der Waals surface area (Å²) >= 11 is 0. The first-order chi connectivity index (χ1) is 11.4. The van der Waals surface area contributed by atoms with Crippen LogP contribution in [-0.4, -0.2) is 32.4 Å². The van der Waals surface area contributed by atoms with Crippen molar-refractivity contribution in [2.75, 3.05) is 13.7 Å². The van der Waals surface area contributed by atoms with Crippen LogP contribution >= 0.6 is 0 Å². The molecule has 1 aliphatic heterocycles. The van der Waals surface area contributed by atoms with Crippen molar-refractivity contribution in [1.29, 1.82) is 0 Å². The molecule has 1 aromatic rings. The summed E-state index contributed by atoms with van der Waals surface area (Å²) in [6.07, 6.45) is 4.94. The van der Waals surface area contributed by atoms with Crippen molar-refractivity contribution < 1.29 is 9.53 Å². The standard InChI is InChI=1S/C20H27NO2Si/c1-23-19-10-8-17(9-11-19)20-16-18(22)12-14-21(20)13-6-5-7-15-24(2,3)4/h8-12,14,20H,6,13,15-16H2,1-4H3. The Morgan fingerprint density at radius 2 is 1.92 bits per heavy atom. The van der Waals surface area contributed by atoms with Crippen LogP contribution in [0.5, 0.6) is 5.75 Å². The lowest BCUT2D eigenvalue weighted by molar-refractivity contribution is -0.116. The highest BCUT2D eigenvalue weighted by Gasteiger charge is 2.23. The molecule has 1 heterocycles. The third-order valence-electron chi connectivity index (χ3n) is 3.99. The molecular weight excluding hydrogens is 314 g/mol. The second-order valence-corrected chi connectivity index (χ2v) is 12.8. The van der Waals surface area contributed by atoms with Gasteiger partial charge in [0.2, 0.25) is 0 Å². The van der Waals surface area contributed by atoms with E-state index in [1.54, 1.807) is 13.2 Å². The van der Waals surface area contributed by atoms with Gasteiger partial charge < -0.3 is 9.64 Å². The van der Waals surface area contributed by atoms with Crippen LogP contribution in [0.4, 0.5) is 0 Å². The van der Waals surface area contributed by atoms with Crippen LogP contribution < -0.4 is 4.74 Å². The molecule has 4 heteroatoms. The lowest BCUT2D eigenvalue weighted by Gasteiger charge is -2.32. The average molecular weight is 342 g/mol. The quantitative estimate of drug-likeness (QED) is 0.592. The summed E-state index contributed by atoms with van der Waals surface area (Å²) in [5.41, 5.74) is 1.14. The van der Waals surface area contributed by atoms with Crippen molar-refractivity contribution >= 4 is 13.9 Å². The zero-order valence-electron chi connectivity index (χ0n) is 15.1. The highest BCUT2D eigenvalue weighted by atomic mass is 28.3. The molecule has 128 valence electrons. The zero-order chi connectivity index (χ0) is 17.6. The third-order valence-corrected chi connectivity index (χ3v) is 5.22. The molecule has 0 radical (unpaired) electrons. The maximum Gasteiger partial charge on any atom is 0.159 e. The summed E-state index contributed by atoms with van der Waals surface area (Å²) in [6.45, 7) is 7.85. The van der Waals surface area contributed by atoms with Gasteiger partial charge in [0.25, 0.3) is 0 Å². The van der Waals surface area contributed by atoms with Gasteiger partial charge in [-0.1, -0.05) is 31.8 Å². The molecule has 0 saturated carbocycles. The number of allylic oxidation sites excluding steroid dienone is 1. The molecule has 0 bridgehead atoms. The van der Waals surface area contributed by atoms with Gasteiger partial charge in [-0.25, -0.2) is 0 Å². The molecule has 0 fully saturated rings. The normalized spacial score (nSPS) is 17.4. The molecule has 0 amide bonds. The topological polar surface area (TPSA) is 29.5 Å². The largest absolute Gasteiger partial charge is 0.497 e. The van der Waals surface area contributed by atoms with Crippen molar-refractivity contribution in [3.05, 3.63) is 42.1 Å². The van der Waals surface area contributed by atoms with E-state index in [2.05, 4.69) is 36.4 Å². The summed E-state index contributed by atoms with van der Waals surface area (Å²) < 4.78 is 5.21. The van der Waals surface area contributed by atoms with Crippen LogP contribution in [0, 0.1) is 11.8 Å². The van der Waals surface area contributed by atoms with E-state index < -0.39 is 8.07 Å². The monoisotopic (exact) mass is 341 g/mol. The minimum absolute atomic E-state index is 0.0900. The Labute approximate surface area is 146 Å². The van der Waals surface area contributed by atoms with E-state index in [0.29, 0.717) is 6.42 Å². The maximum absolute atomic E-state index is 11.8. The van der Waals surface area contributed by atoms with Crippen molar-refractivity contribution in [3.63, 3.8) is 0 Å². The van der Waals surface area contributed by atoms with Gasteiger partial charge in [-0.05, 0) is 23.8 Å².